The van der Waals surface area contributed by atoms with E-state index in [9.17, 15) is 31.1 Å². The predicted molar refractivity (Wildman–Crippen MR) is 118 cm³/mol. The summed E-state index contributed by atoms with van der Waals surface area (Å²) in [5.74, 6) is -0.855. The fourth-order valence-corrected chi connectivity index (χ4v) is 4.41. The average Bonchev–Trinajstić information content (AvgIpc) is 2.76. The molecule has 0 aliphatic carbocycles. The van der Waals surface area contributed by atoms with Crippen LogP contribution in [0, 0.1) is 5.92 Å². The van der Waals surface area contributed by atoms with Crippen LogP contribution in [0.3, 0.4) is 0 Å². The van der Waals surface area contributed by atoms with E-state index in [-0.39, 0.29) is 28.1 Å². The Labute approximate surface area is 197 Å². The fraction of sp³-hybridized carbons (Fsp3) is 0.333. The minimum atomic E-state index is -5.04. The molecule has 0 spiro atoms. The van der Waals surface area contributed by atoms with Gasteiger partial charge in [-0.05, 0) is 41.5 Å². The van der Waals surface area contributed by atoms with Crippen LogP contribution < -0.4 is 0 Å². The minimum Gasteiger partial charge on any atom is -0.336 e. The summed E-state index contributed by atoms with van der Waals surface area (Å²) in [6.45, 7) is 3.27. The van der Waals surface area contributed by atoms with E-state index in [1.54, 1.807) is 26.0 Å². The molecule has 0 bridgehead atoms. The van der Waals surface area contributed by atoms with Gasteiger partial charge in [-0.3, -0.25) is 9.79 Å². The summed E-state index contributed by atoms with van der Waals surface area (Å²) in [5, 5.41) is 0.115. The second-order valence-electron chi connectivity index (χ2n) is 8.31. The van der Waals surface area contributed by atoms with Gasteiger partial charge in [0.05, 0.1) is 22.6 Å². The standard InChI is InChI=1S/C24H21ClF6N2O/c1-14(2)21(34)33(3)20-13-32-9-8-22(20,18-6-4-5-7-19(18)25)15-10-16(23(26,27)28)12-17(11-15)24(29,30)31/h4-14,20H,1-3H3. The van der Waals surface area contributed by atoms with Crippen molar-refractivity contribution in [2.24, 2.45) is 10.9 Å². The molecule has 0 saturated heterocycles. The Kier molecular flexibility index (Phi) is 6.90. The highest BCUT2D eigenvalue weighted by Crippen LogP contribution is 2.47. The highest BCUT2D eigenvalue weighted by Gasteiger charge is 2.48. The second-order valence-corrected chi connectivity index (χ2v) is 8.71. The molecule has 1 aliphatic heterocycles. The van der Waals surface area contributed by atoms with Gasteiger partial charge in [0.15, 0.2) is 0 Å². The van der Waals surface area contributed by atoms with E-state index >= 15 is 0 Å². The molecule has 0 N–H and O–H groups in total. The van der Waals surface area contributed by atoms with Crippen LogP contribution in [0.5, 0.6) is 0 Å². The van der Waals surface area contributed by atoms with Gasteiger partial charge < -0.3 is 4.90 Å². The van der Waals surface area contributed by atoms with E-state index in [4.69, 9.17) is 11.6 Å². The summed E-state index contributed by atoms with van der Waals surface area (Å²) in [5.41, 5.74) is -4.69. The van der Waals surface area contributed by atoms with Crippen LogP contribution in [0.15, 0.2) is 59.7 Å². The van der Waals surface area contributed by atoms with Crippen molar-refractivity contribution in [2.75, 3.05) is 7.05 Å². The number of carbonyl (C=O) groups is 1. The molecule has 2 aromatic rings. The van der Waals surface area contributed by atoms with Crippen LogP contribution in [0.4, 0.5) is 26.3 Å². The number of hydrogen-bond acceptors (Lipinski definition) is 2. The molecule has 10 heteroatoms. The quantitative estimate of drug-likeness (QED) is 0.426. The SMILES string of the molecule is CC(C)C(=O)N(C)C1C=NC=CC1(c1cc(C(F)(F)F)cc(C(F)(F)F)c1)c1ccccc1Cl. The first kappa shape index (κ1) is 25.8. The number of hydrogen-bond donors (Lipinski definition) is 0. The minimum absolute atomic E-state index is 0.0718. The Morgan fingerprint density at radius 3 is 2.09 bits per heavy atom. The summed E-state index contributed by atoms with van der Waals surface area (Å²) < 4.78 is 82.2. The van der Waals surface area contributed by atoms with Crippen LogP contribution in [-0.2, 0) is 22.6 Å². The first-order valence-electron chi connectivity index (χ1n) is 10.2. The molecular weight excluding hydrogens is 482 g/mol. The third-order valence-electron chi connectivity index (χ3n) is 5.76. The van der Waals surface area contributed by atoms with Crippen LogP contribution in [-0.4, -0.2) is 30.1 Å². The molecule has 0 fully saturated rings. The summed E-state index contributed by atoms with van der Waals surface area (Å²) in [4.78, 5) is 18.2. The summed E-state index contributed by atoms with van der Waals surface area (Å²) in [6.07, 6.45) is -6.09. The lowest BCUT2D eigenvalue weighted by molar-refractivity contribution is -0.143. The van der Waals surface area contributed by atoms with Crippen LogP contribution >= 0.6 is 11.6 Å². The van der Waals surface area contributed by atoms with Gasteiger partial charge in [-0.2, -0.15) is 26.3 Å². The molecule has 182 valence electrons. The van der Waals surface area contributed by atoms with Gasteiger partial charge in [0.1, 0.15) is 0 Å². The molecule has 1 amide bonds. The molecule has 2 aromatic carbocycles. The van der Waals surface area contributed by atoms with Gasteiger partial charge in [-0.1, -0.05) is 43.6 Å². The molecule has 3 rings (SSSR count). The number of likely N-dealkylation sites (N-methyl/N-ethyl adjacent to an activating group) is 1. The highest BCUT2D eigenvalue weighted by molar-refractivity contribution is 6.31. The maximum atomic E-state index is 13.7. The molecule has 0 radical (unpaired) electrons. The molecule has 0 saturated carbocycles. The van der Waals surface area contributed by atoms with E-state index in [0.717, 1.165) is 0 Å². The third-order valence-corrected chi connectivity index (χ3v) is 6.09. The van der Waals surface area contributed by atoms with Crippen molar-refractivity contribution >= 4 is 23.7 Å². The van der Waals surface area contributed by atoms with Gasteiger partial charge in [0, 0.05) is 30.4 Å². The lowest BCUT2D eigenvalue weighted by Gasteiger charge is -2.44. The van der Waals surface area contributed by atoms with Crippen molar-refractivity contribution in [3.8, 4) is 0 Å². The van der Waals surface area contributed by atoms with Gasteiger partial charge in [-0.25, -0.2) is 0 Å². The molecule has 1 heterocycles. The van der Waals surface area contributed by atoms with Gasteiger partial charge in [-0.15, -0.1) is 0 Å². The van der Waals surface area contributed by atoms with E-state index in [2.05, 4.69) is 4.99 Å². The number of nitrogens with zero attached hydrogens (tertiary/aromatic N) is 2. The first-order chi connectivity index (χ1) is 15.7. The first-order valence-corrected chi connectivity index (χ1v) is 10.6. The van der Waals surface area contributed by atoms with Crippen LogP contribution in [0.2, 0.25) is 5.02 Å². The molecule has 34 heavy (non-hydrogen) atoms. The lowest BCUT2D eigenvalue weighted by Crippen LogP contribution is -2.54. The smallest absolute Gasteiger partial charge is 0.336 e. The van der Waals surface area contributed by atoms with Gasteiger partial charge in [0.25, 0.3) is 0 Å². The maximum Gasteiger partial charge on any atom is 0.416 e. The van der Waals surface area contributed by atoms with Crippen molar-refractivity contribution in [3.05, 3.63) is 82.0 Å². The zero-order valence-electron chi connectivity index (χ0n) is 18.4. The maximum absolute atomic E-state index is 13.7. The predicted octanol–water partition coefficient (Wildman–Crippen LogP) is 6.74. The normalized spacial score (nSPS) is 20.6. The zero-order valence-corrected chi connectivity index (χ0v) is 19.1. The highest BCUT2D eigenvalue weighted by atomic mass is 35.5. The van der Waals surface area contributed by atoms with Crippen molar-refractivity contribution in [1.29, 1.82) is 0 Å². The Morgan fingerprint density at radius 1 is 1.03 bits per heavy atom. The summed E-state index contributed by atoms with van der Waals surface area (Å²) in [6, 6.07) is 6.51. The molecule has 2 unspecified atom stereocenters. The van der Waals surface area contributed by atoms with Crippen molar-refractivity contribution in [2.45, 2.75) is 37.7 Å². The molecule has 3 nitrogen and oxygen atoms in total. The lowest BCUT2D eigenvalue weighted by atomic mass is 9.67. The number of aliphatic imine (C=N–C) groups is 1. The van der Waals surface area contributed by atoms with Crippen molar-refractivity contribution in [3.63, 3.8) is 0 Å². The summed E-state index contributed by atoms with van der Waals surface area (Å²) >= 11 is 6.44. The Bertz CT molecular complexity index is 1110. The number of amides is 1. The third kappa shape index (κ3) is 4.71. The molecular formula is C24H21ClF6N2O. The van der Waals surface area contributed by atoms with E-state index in [1.165, 1.54) is 42.6 Å². The largest absolute Gasteiger partial charge is 0.416 e. The molecule has 2 atom stereocenters. The molecule has 1 aliphatic rings. The fourth-order valence-electron chi connectivity index (χ4n) is 4.12. The van der Waals surface area contributed by atoms with Crippen LogP contribution in [0.1, 0.15) is 36.1 Å². The monoisotopic (exact) mass is 502 g/mol. The Hall–Kier alpha value is -2.81. The number of halogens is 7. The Morgan fingerprint density at radius 2 is 1.59 bits per heavy atom. The van der Waals surface area contributed by atoms with E-state index in [1.807, 2.05) is 0 Å². The number of alkyl halides is 6. The van der Waals surface area contributed by atoms with Crippen LogP contribution in [0.25, 0.3) is 0 Å². The van der Waals surface area contributed by atoms with E-state index < -0.39 is 40.9 Å². The zero-order chi connectivity index (χ0) is 25.5. The average molecular weight is 503 g/mol. The van der Waals surface area contributed by atoms with Crippen molar-refractivity contribution in [1.82, 2.24) is 4.90 Å². The summed E-state index contributed by atoms with van der Waals surface area (Å²) in [7, 11) is 1.43. The number of carbonyl (C=O) groups excluding carboxylic acids is 1. The number of rotatable bonds is 4. The number of benzene rings is 2. The van der Waals surface area contributed by atoms with E-state index in [0.29, 0.717) is 12.1 Å². The Balaban J connectivity index is 2.43. The van der Waals surface area contributed by atoms with Crippen molar-refractivity contribution < 1.29 is 31.1 Å². The van der Waals surface area contributed by atoms with Gasteiger partial charge >= 0.3 is 12.4 Å². The topological polar surface area (TPSA) is 32.7 Å². The molecule has 0 aromatic heterocycles. The van der Waals surface area contributed by atoms with Gasteiger partial charge in [0.2, 0.25) is 5.91 Å². The second kappa shape index (κ2) is 9.09.